The summed E-state index contributed by atoms with van der Waals surface area (Å²) in [6.45, 7) is 0. The monoisotopic (exact) mass is 319 g/mol. The number of hydrogen-bond donors (Lipinski definition) is 0. The van der Waals surface area contributed by atoms with Gasteiger partial charge in [-0.1, -0.05) is 18.2 Å². The molecule has 1 aliphatic rings. The predicted octanol–water partition coefficient (Wildman–Crippen LogP) is 3.51. The van der Waals surface area contributed by atoms with Crippen LogP contribution >= 0.6 is 0 Å². The normalized spacial score (nSPS) is 13.3. The van der Waals surface area contributed by atoms with Gasteiger partial charge in [0.1, 0.15) is 23.5 Å². The molecule has 120 valence electrons. The van der Waals surface area contributed by atoms with Crippen molar-refractivity contribution in [1.29, 1.82) is 10.5 Å². The van der Waals surface area contributed by atoms with Crippen molar-refractivity contribution in [1.82, 2.24) is 0 Å². The van der Waals surface area contributed by atoms with Gasteiger partial charge in [0.15, 0.2) is 0 Å². The highest BCUT2D eigenvalue weighted by Crippen LogP contribution is 2.23. The smallest absolute Gasteiger partial charge is 0.285 e. The number of rotatable bonds is 4. The molecule has 1 aromatic carbocycles. The van der Waals surface area contributed by atoms with Gasteiger partial charge < -0.3 is 14.4 Å². The van der Waals surface area contributed by atoms with Gasteiger partial charge in [-0.3, -0.25) is 0 Å². The van der Waals surface area contributed by atoms with Crippen LogP contribution in [-0.4, -0.2) is 21.2 Å². The van der Waals surface area contributed by atoms with E-state index < -0.39 is 0 Å². The number of hydrogen-bond acceptors (Lipinski definition) is 5. The third kappa shape index (κ3) is 4.06. The van der Waals surface area contributed by atoms with E-state index in [0.717, 1.165) is 11.3 Å². The van der Waals surface area contributed by atoms with E-state index in [2.05, 4.69) is 0 Å². The molecule has 0 saturated heterocycles. The quantitative estimate of drug-likeness (QED) is 0.794. The molecule has 0 aliphatic carbocycles. The third-order valence-corrected chi connectivity index (χ3v) is 3.35. The van der Waals surface area contributed by atoms with E-state index in [1.54, 1.807) is 12.2 Å². The Kier molecular flexibility index (Phi) is 5.44. The van der Waals surface area contributed by atoms with E-state index in [0.29, 0.717) is 11.3 Å². The van der Waals surface area contributed by atoms with Crippen LogP contribution in [0.4, 0.5) is 5.69 Å². The third-order valence-electron chi connectivity index (χ3n) is 3.35. The summed E-state index contributed by atoms with van der Waals surface area (Å²) in [4.78, 5) is 2.03. The highest BCUT2D eigenvalue weighted by Gasteiger charge is 2.13. The van der Waals surface area contributed by atoms with Crippen LogP contribution < -0.4 is 4.90 Å². The van der Waals surface area contributed by atoms with Crippen LogP contribution in [0.25, 0.3) is 6.08 Å². The molecule has 1 aliphatic heterocycles. The zero-order chi connectivity index (χ0) is 17.5. The van der Waals surface area contributed by atoms with E-state index in [9.17, 15) is 0 Å². The summed E-state index contributed by atoms with van der Waals surface area (Å²) in [5.74, 6) is 0.724. The lowest BCUT2D eigenvalue weighted by Crippen LogP contribution is -2.07. The van der Waals surface area contributed by atoms with Gasteiger partial charge >= 0.3 is 0 Å². The lowest BCUT2D eigenvalue weighted by atomic mass is 10.1. The number of anilines is 1. The van der Waals surface area contributed by atoms with Crippen molar-refractivity contribution in [3.05, 3.63) is 70.9 Å². The Morgan fingerprint density at radius 1 is 1.08 bits per heavy atom. The van der Waals surface area contributed by atoms with Crippen molar-refractivity contribution in [2.45, 2.75) is 0 Å². The van der Waals surface area contributed by atoms with Gasteiger partial charge in [-0.2, -0.15) is 10.5 Å². The summed E-state index contributed by atoms with van der Waals surface area (Å²) < 4.78 is 10.6. The number of methoxy groups -OCH3 is 1. The molecule has 0 bridgehead atoms. The van der Waals surface area contributed by atoms with E-state index >= 15 is 0 Å². The fourth-order valence-corrected chi connectivity index (χ4v) is 2.04. The molecule has 0 N–H and O–H groups in total. The predicted molar refractivity (Wildman–Crippen MR) is 92.3 cm³/mol. The maximum Gasteiger partial charge on any atom is 0.285 e. The van der Waals surface area contributed by atoms with Crippen molar-refractivity contribution < 1.29 is 9.47 Å². The summed E-state index contributed by atoms with van der Waals surface area (Å²) in [7, 11) is 5.44. The Morgan fingerprint density at radius 3 is 2.29 bits per heavy atom. The molecule has 2 rings (SSSR count). The molecule has 0 spiro atoms. The summed E-state index contributed by atoms with van der Waals surface area (Å²) in [6.07, 6.45) is 6.81. The first-order chi connectivity index (χ1) is 11.6. The summed E-state index contributed by atoms with van der Waals surface area (Å²) >= 11 is 0. The average molecular weight is 319 g/mol. The molecule has 0 atom stereocenters. The lowest BCUT2D eigenvalue weighted by molar-refractivity contribution is 0.107. The van der Waals surface area contributed by atoms with Crippen molar-refractivity contribution >= 4 is 11.8 Å². The van der Waals surface area contributed by atoms with Crippen LogP contribution in [-0.2, 0) is 9.47 Å². The number of benzene rings is 1. The number of allylic oxidation sites excluding steroid dienone is 5. The zero-order valence-corrected chi connectivity index (χ0v) is 13.8. The maximum atomic E-state index is 9.01. The van der Waals surface area contributed by atoms with Crippen LogP contribution in [0.15, 0.2) is 65.3 Å². The van der Waals surface area contributed by atoms with Crippen LogP contribution in [0.3, 0.4) is 0 Å². The maximum absolute atomic E-state index is 9.01. The Balaban J connectivity index is 2.27. The molecule has 5 heteroatoms. The van der Waals surface area contributed by atoms with E-state index in [4.69, 9.17) is 20.0 Å². The van der Waals surface area contributed by atoms with Gasteiger partial charge in [-0.05, 0) is 29.8 Å². The van der Waals surface area contributed by atoms with Crippen LogP contribution in [0.1, 0.15) is 5.56 Å². The zero-order valence-electron chi connectivity index (χ0n) is 13.8. The van der Waals surface area contributed by atoms with Crippen molar-refractivity contribution in [3.8, 4) is 12.1 Å². The molecule has 0 fully saturated rings. The minimum Gasteiger partial charge on any atom is -0.468 e. The minimum absolute atomic E-state index is 0.00841. The van der Waals surface area contributed by atoms with Gasteiger partial charge in [0.2, 0.25) is 0 Å². The molecule has 0 saturated carbocycles. The van der Waals surface area contributed by atoms with Gasteiger partial charge in [0, 0.05) is 31.4 Å². The van der Waals surface area contributed by atoms with Crippen LogP contribution in [0.2, 0.25) is 0 Å². The van der Waals surface area contributed by atoms with Gasteiger partial charge in [-0.25, -0.2) is 0 Å². The van der Waals surface area contributed by atoms with E-state index in [-0.39, 0.29) is 11.5 Å². The topological polar surface area (TPSA) is 69.3 Å². The standard InChI is InChI=1S/C19H17N3O2/c1-22(2)17-7-4-14(5-8-17)6-9-18-10-15(16(12-20)13-21)11-19(23-3)24-18/h4-11H,1-3H3/b9-6+. The van der Waals surface area contributed by atoms with Crippen molar-refractivity contribution in [2.24, 2.45) is 0 Å². The molecule has 24 heavy (non-hydrogen) atoms. The first kappa shape index (κ1) is 16.9. The Labute approximate surface area is 141 Å². The van der Waals surface area contributed by atoms with Crippen LogP contribution in [0, 0.1) is 22.7 Å². The number of nitrogens with zero attached hydrogens (tertiary/aromatic N) is 3. The summed E-state index contributed by atoms with van der Waals surface area (Å²) in [5.41, 5.74) is 2.59. The second-order valence-corrected chi connectivity index (χ2v) is 5.19. The largest absolute Gasteiger partial charge is 0.468 e. The second-order valence-electron chi connectivity index (χ2n) is 5.19. The fourth-order valence-electron chi connectivity index (χ4n) is 2.04. The second kappa shape index (κ2) is 7.71. The van der Waals surface area contributed by atoms with E-state index in [1.165, 1.54) is 13.2 Å². The molecular formula is C19H17N3O2. The molecule has 5 nitrogen and oxygen atoms in total. The number of nitriles is 2. The highest BCUT2D eigenvalue weighted by atomic mass is 16.7. The van der Waals surface area contributed by atoms with E-state index in [1.807, 2.05) is 61.5 Å². The molecule has 0 aromatic heterocycles. The molecular weight excluding hydrogens is 302 g/mol. The number of ether oxygens (including phenoxy) is 2. The minimum atomic E-state index is 0.00841. The Hall–Kier alpha value is -3.44. The lowest BCUT2D eigenvalue weighted by Gasteiger charge is -2.14. The summed E-state index contributed by atoms with van der Waals surface area (Å²) in [6, 6.07) is 11.8. The molecule has 1 aromatic rings. The van der Waals surface area contributed by atoms with Crippen LogP contribution in [0.5, 0.6) is 0 Å². The highest BCUT2D eigenvalue weighted by molar-refractivity contribution is 5.59. The molecule has 1 heterocycles. The first-order valence-corrected chi connectivity index (χ1v) is 7.22. The van der Waals surface area contributed by atoms with Gasteiger partial charge in [0.05, 0.1) is 7.11 Å². The SMILES string of the molecule is COC1=CC(=C(C#N)C#N)C=C(/C=C/c2ccc(N(C)C)cc2)O1. The molecule has 0 radical (unpaired) electrons. The van der Waals surface area contributed by atoms with Crippen molar-refractivity contribution in [2.75, 3.05) is 26.1 Å². The average Bonchev–Trinajstić information content (AvgIpc) is 2.61. The van der Waals surface area contributed by atoms with Crippen molar-refractivity contribution in [3.63, 3.8) is 0 Å². The first-order valence-electron chi connectivity index (χ1n) is 7.22. The molecule has 0 unspecified atom stereocenters. The Morgan fingerprint density at radius 2 is 1.75 bits per heavy atom. The summed E-state index contributed by atoms with van der Waals surface area (Å²) in [5, 5.41) is 18.0. The fraction of sp³-hybridized carbons (Fsp3) is 0.158. The van der Waals surface area contributed by atoms with Gasteiger partial charge in [0.25, 0.3) is 5.95 Å². The molecule has 0 amide bonds. The Bertz CT molecular complexity index is 798. The van der Waals surface area contributed by atoms with Gasteiger partial charge in [-0.15, -0.1) is 0 Å².